The van der Waals surface area contributed by atoms with Gasteiger partial charge >= 0.3 is 0 Å². The molecule has 1 aromatic heterocycles. The maximum atomic E-state index is 9.72. The maximum absolute atomic E-state index is 9.72. The number of aromatic nitrogens is 1. The summed E-state index contributed by atoms with van der Waals surface area (Å²) in [6, 6.07) is 10.3. The number of rotatable bonds is 2. The zero-order chi connectivity index (χ0) is 11.9. The molecule has 1 aliphatic heterocycles. The van der Waals surface area contributed by atoms with E-state index in [2.05, 4.69) is 34.1 Å². The van der Waals surface area contributed by atoms with Gasteiger partial charge in [-0.3, -0.25) is 9.88 Å². The van der Waals surface area contributed by atoms with Crippen LogP contribution in [-0.4, -0.2) is 33.7 Å². The number of para-hydroxylation sites is 1. The molecule has 0 unspecified atom stereocenters. The van der Waals surface area contributed by atoms with Gasteiger partial charge < -0.3 is 5.11 Å². The molecule has 0 amide bonds. The van der Waals surface area contributed by atoms with E-state index in [1.165, 1.54) is 10.9 Å². The SMILES string of the molecule is CC1(O)CN(Cc2cccc3cccnc23)C1. The summed E-state index contributed by atoms with van der Waals surface area (Å²) in [5.74, 6) is 0. The van der Waals surface area contributed by atoms with E-state index in [0.717, 1.165) is 25.2 Å². The molecule has 0 atom stereocenters. The molecule has 3 heteroatoms. The third-order valence-electron chi connectivity index (χ3n) is 3.24. The minimum absolute atomic E-state index is 0.502. The Kier molecular flexibility index (Phi) is 2.38. The fourth-order valence-corrected chi connectivity index (χ4v) is 2.56. The number of benzene rings is 1. The molecule has 88 valence electrons. The summed E-state index contributed by atoms with van der Waals surface area (Å²) in [6.45, 7) is 4.24. The molecule has 1 N–H and O–H groups in total. The molecular formula is C14H16N2O. The van der Waals surface area contributed by atoms with Crippen molar-refractivity contribution < 1.29 is 5.11 Å². The number of β-amino-alcohol motifs (C(OH)–C–C–N with tert-alkyl or cyclic N) is 1. The van der Waals surface area contributed by atoms with Crippen molar-refractivity contribution in [1.29, 1.82) is 0 Å². The van der Waals surface area contributed by atoms with Gasteiger partial charge in [0.05, 0.1) is 11.1 Å². The van der Waals surface area contributed by atoms with Crippen molar-refractivity contribution in [2.75, 3.05) is 13.1 Å². The molecule has 17 heavy (non-hydrogen) atoms. The fourth-order valence-electron chi connectivity index (χ4n) is 2.56. The standard InChI is InChI=1S/C14H16N2O/c1-14(17)9-16(10-14)8-12-5-2-4-11-6-3-7-15-13(11)12/h2-7,17H,8-10H2,1H3. The summed E-state index contributed by atoms with van der Waals surface area (Å²) >= 11 is 0. The molecule has 1 aromatic carbocycles. The van der Waals surface area contributed by atoms with Gasteiger partial charge in [-0.05, 0) is 18.6 Å². The predicted octanol–water partition coefficient (Wildman–Crippen LogP) is 1.80. The number of aliphatic hydroxyl groups is 1. The second-order valence-corrected chi connectivity index (χ2v) is 5.13. The molecule has 0 radical (unpaired) electrons. The van der Waals surface area contributed by atoms with Gasteiger partial charge in [0.25, 0.3) is 0 Å². The third kappa shape index (κ3) is 2.04. The summed E-state index contributed by atoms with van der Waals surface area (Å²) in [5.41, 5.74) is 1.80. The first-order chi connectivity index (χ1) is 8.14. The number of nitrogens with zero attached hydrogens (tertiary/aromatic N) is 2. The molecule has 2 heterocycles. The molecule has 2 aromatic rings. The minimum atomic E-state index is -0.502. The van der Waals surface area contributed by atoms with E-state index >= 15 is 0 Å². The van der Waals surface area contributed by atoms with Crippen LogP contribution >= 0.6 is 0 Å². The Morgan fingerprint density at radius 1 is 1.29 bits per heavy atom. The number of pyridine rings is 1. The van der Waals surface area contributed by atoms with E-state index in [1.807, 2.05) is 19.2 Å². The van der Waals surface area contributed by atoms with Crippen molar-refractivity contribution >= 4 is 10.9 Å². The summed E-state index contributed by atoms with van der Waals surface area (Å²) in [6.07, 6.45) is 1.83. The van der Waals surface area contributed by atoms with Crippen molar-refractivity contribution in [3.63, 3.8) is 0 Å². The monoisotopic (exact) mass is 228 g/mol. The topological polar surface area (TPSA) is 36.4 Å². The lowest BCUT2D eigenvalue weighted by Gasteiger charge is -2.44. The van der Waals surface area contributed by atoms with E-state index in [4.69, 9.17) is 0 Å². The Morgan fingerprint density at radius 3 is 2.82 bits per heavy atom. The van der Waals surface area contributed by atoms with Crippen molar-refractivity contribution in [2.45, 2.75) is 19.1 Å². The largest absolute Gasteiger partial charge is 0.388 e. The van der Waals surface area contributed by atoms with E-state index in [9.17, 15) is 5.11 Å². The van der Waals surface area contributed by atoms with Crippen molar-refractivity contribution in [2.24, 2.45) is 0 Å². The van der Waals surface area contributed by atoms with Gasteiger partial charge in [0.2, 0.25) is 0 Å². The van der Waals surface area contributed by atoms with Gasteiger partial charge in [-0.1, -0.05) is 24.3 Å². The number of hydrogen-bond donors (Lipinski definition) is 1. The first kappa shape index (κ1) is 10.7. The molecule has 3 nitrogen and oxygen atoms in total. The van der Waals surface area contributed by atoms with Crippen LogP contribution < -0.4 is 0 Å². The van der Waals surface area contributed by atoms with Gasteiger partial charge in [0, 0.05) is 31.2 Å². The second-order valence-electron chi connectivity index (χ2n) is 5.13. The Hall–Kier alpha value is -1.45. The Morgan fingerprint density at radius 2 is 2.06 bits per heavy atom. The highest BCUT2D eigenvalue weighted by Crippen LogP contribution is 2.24. The normalized spacial score (nSPS) is 19.2. The minimum Gasteiger partial charge on any atom is -0.388 e. The summed E-state index contributed by atoms with van der Waals surface area (Å²) in [4.78, 5) is 6.68. The number of hydrogen-bond acceptors (Lipinski definition) is 3. The lowest BCUT2D eigenvalue weighted by molar-refractivity contribution is -0.0869. The Labute approximate surface area is 101 Å². The van der Waals surface area contributed by atoms with Crippen LogP contribution in [0.25, 0.3) is 10.9 Å². The van der Waals surface area contributed by atoms with Gasteiger partial charge in [-0.15, -0.1) is 0 Å². The molecule has 1 aliphatic rings. The van der Waals surface area contributed by atoms with Crippen LogP contribution in [0.4, 0.5) is 0 Å². The highest BCUT2D eigenvalue weighted by atomic mass is 16.3. The molecule has 0 saturated carbocycles. The van der Waals surface area contributed by atoms with Crippen LogP contribution in [0, 0.1) is 0 Å². The average molecular weight is 228 g/mol. The van der Waals surface area contributed by atoms with Crippen LogP contribution in [0.3, 0.4) is 0 Å². The van der Waals surface area contributed by atoms with Crippen LogP contribution in [0.1, 0.15) is 12.5 Å². The van der Waals surface area contributed by atoms with Crippen molar-refractivity contribution in [3.05, 3.63) is 42.1 Å². The highest BCUT2D eigenvalue weighted by Gasteiger charge is 2.36. The van der Waals surface area contributed by atoms with Gasteiger partial charge in [0.15, 0.2) is 0 Å². The lowest BCUT2D eigenvalue weighted by Crippen LogP contribution is -2.59. The second kappa shape index (κ2) is 3.79. The molecular weight excluding hydrogens is 212 g/mol. The van der Waals surface area contributed by atoms with Crippen LogP contribution in [0.15, 0.2) is 36.5 Å². The first-order valence-electron chi connectivity index (χ1n) is 5.91. The van der Waals surface area contributed by atoms with Crippen LogP contribution in [0.5, 0.6) is 0 Å². The quantitative estimate of drug-likeness (QED) is 0.851. The Bertz CT molecular complexity index is 537. The number of likely N-dealkylation sites (tertiary alicyclic amines) is 1. The molecule has 0 aliphatic carbocycles. The molecule has 0 bridgehead atoms. The zero-order valence-electron chi connectivity index (χ0n) is 9.93. The average Bonchev–Trinajstić information content (AvgIpc) is 2.27. The summed E-state index contributed by atoms with van der Waals surface area (Å²) in [7, 11) is 0. The van der Waals surface area contributed by atoms with Crippen LogP contribution in [-0.2, 0) is 6.54 Å². The van der Waals surface area contributed by atoms with E-state index in [1.54, 1.807) is 0 Å². The molecule has 3 rings (SSSR count). The highest BCUT2D eigenvalue weighted by molar-refractivity contribution is 5.81. The first-order valence-corrected chi connectivity index (χ1v) is 5.91. The summed E-state index contributed by atoms with van der Waals surface area (Å²) in [5, 5.41) is 10.9. The maximum Gasteiger partial charge on any atom is 0.0872 e. The van der Waals surface area contributed by atoms with Crippen molar-refractivity contribution in [1.82, 2.24) is 9.88 Å². The fraction of sp³-hybridized carbons (Fsp3) is 0.357. The zero-order valence-corrected chi connectivity index (χ0v) is 9.93. The van der Waals surface area contributed by atoms with Gasteiger partial charge in [0.1, 0.15) is 0 Å². The van der Waals surface area contributed by atoms with E-state index in [-0.39, 0.29) is 0 Å². The molecule has 1 fully saturated rings. The predicted molar refractivity (Wildman–Crippen MR) is 67.6 cm³/mol. The third-order valence-corrected chi connectivity index (χ3v) is 3.24. The van der Waals surface area contributed by atoms with E-state index < -0.39 is 5.60 Å². The lowest BCUT2D eigenvalue weighted by atomic mass is 9.96. The Balaban J connectivity index is 1.86. The van der Waals surface area contributed by atoms with Gasteiger partial charge in [-0.25, -0.2) is 0 Å². The van der Waals surface area contributed by atoms with Gasteiger partial charge in [-0.2, -0.15) is 0 Å². The molecule has 1 saturated heterocycles. The van der Waals surface area contributed by atoms with Crippen molar-refractivity contribution in [3.8, 4) is 0 Å². The smallest absolute Gasteiger partial charge is 0.0872 e. The summed E-state index contributed by atoms with van der Waals surface area (Å²) < 4.78 is 0. The molecule has 0 spiro atoms. The van der Waals surface area contributed by atoms with E-state index in [0.29, 0.717) is 0 Å². The number of fused-ring (bicyclic) bond motifs is 1. The van der Waals surface area contributed by atoms with Crippen LogP contribution in [0.2, 0.25) is 0 Å².